The summed E-state index contributed by atoms with van der Waals surface area (Å²) in [7, 11) is -0.362. The number of carbonyl (C=O) groups is 2. The van der Waals surface area contributed by atoms with Crippen molar-refractivity contribution < 1.29 is 22.7 Å². The highest BCUT2D eigenvalue weighted by molar-refractivity contribution is 7.92. The van der Waals surface area contributed by atoms with E-state index in [4.69, 9.17) is 16.3 Å². The number of nitrogens with one attached hydrogen (secondary N) is 4. The van der Waals surface area contributed by atoms with E-state index in [1.165, 1.54) is 23.1 Å². The maximum absolute atomic E-state index is 12.2. The number of aromatic nitrogens is 2. The van der Waals surface area contributed by atoms with Crippen molar-refractivity contribution >= 4 is 73.6 Å². The summed E-state index contributed by atoms with van der Waals surface area (Å²) >= 11 is 6.47. The van der Waals surface area contributed by atoms with Gasteiger partial charge in [0.1, 0.15) is 16.8 Å². The molecule has 3 saturated heterocycles. The van der Waals surface area contributed by atoms with Gasteiger partial charge < -0.3 is 30.5 Å². The van der Waals surface area contributed by atoms with Gasteiger partial charge in [0.2, 0.25) is 27.8 Å². The number of nitrogens with zero attached hydrogens (tertiary/aromatic N) is 6. The number of imide groups is 1. The number of piperazine rings is 1. The molecule has 4 aromatic rings. The Morgan fingerprint density at radius 3 is 2.38 bits per heavy atom. The lowest BCUT2D eigenvalue weighted by Gasteiger charge is -2.43. The number of piperidine rings is 2. The molecule has 7 rings (SSSR count). The first-order chi connectivity index (χ1) is 27.9. The Labute approximate surface area is 345 Å². The van der Waals surface area contributed by atoms with Gasteiger partial charge in [-0.1, -0.05) is 35.9 Å². The molecule has 3 aliphatic heterocycles. The van der Waals surface area contributed by atoms with Crippen molar-refractivity contribution in [1.29, 1.82) is 0 Å². The number of sulfonamides is 1. The molecule has 4 N–H and O–H groups in total. The first-order valence-electron chi connectivity index (χ1n) is 19.6. The van der Waals surface area contributed by atoms with Crippen LogP contribution in [0.25, 0.3) is 0 Å². The average molecular weight is 831 g/mol. The van der Waals surface area contributed by atoms with E-state index in [0.717, 1.165) is 82.7 Å². The third-order valence-electron chi connectivity index (χ3n) is 11.2. The largest absolute Gasteiger partial charge is 0.494 e. The van der Waals surface area contributed by atoms with Gasteiger partial charge in [0.25, 0.3) is 0 Å². The van der Waals surface area contributed by atoms with Crippen molar-refractivity contribution in [3.05, 3.63) is 83.5 Å². The summed E-state index contributed by atoms with van der Waals surface area (Å²) < 4.78 is 31.5. The minimum Gasteiger partial charge on any atom is -0.494 e. The van der Waals surface area contributed by atoms with Crippen LogP contribution in [-0.2, 0) is 26.0 Å². The van der Waals surface area contributed by atoms with Crippen molar-refractivity contribution in [2.75, 3.05) is 91.4 Å². The van der Waals surface area contributed by atoms with E-state index < -0.39 is 10.0 Å². The van der Waals surface area contributed by atoms with E-state index in [1.54, 1.807) is 31.4 Å². The summed E-state index contributed by atoms with van der Waals surface area (Å²) in [5, 5.41) is 12.3. The second-order valence-corrected chi connectivity index (χ2v) is 17.4. The molecule has 3 fully saturated rings. The molecule has 0 spiro atoms. The Bertz CT molecular complexity index is 2200. The van der Waals surface area contributed by atoms with Crippen LogP contribution in [0.2, 0.25) is 5.02 Å². The molecule has 1 atom stereocenters. The number of rotatable bonds is 14. The molecular weight excluding hydrogens is 780 g/mol. The molecule has 1 unspecified atom stereocenters. The Balaban J connectivity index is 0.874. The number of methoxy groups -OCH3 is 1. The normalized spacial score (nSPS) is 18.4. The summed E-state index contributed by atoms with van der Waals surface area (Å²) in [5.74, 6) is 0.804. The summed E-state index contributed by atoms with van der Waals surface area (Å²) in [5.41, 5.74) is 4.93. The standard InChI is InChI=1S/C41H51ClN10O5S/c1-49(58(3,55)56)36-7-5-4-6-33(36)45-39-32(42)27-43-41(48-39)46-34-13-12-31(26-37(34)57-2)51-20-17-30(18-21-51)52-24-22-50(23-25-52)19-16-28-8-10-29(11-9-28)44-35-14-15-38(53)47-40(35)54/h4-13,26-27,30,35,44H,14-25H2,1-3H3,(H,47,53,54)(H2,43,45,46,48). The number of ether oxygens (including phenoxy) is 1. The van der Waals surface area contributed by atoms with E-state index in [-0.39, 0.29) is 22.9 Å². The zero-order valence-corrected chi connectivity index (χ0v) is 34.7. The van der Waals surface area contributed by atoms with Gasteiger partial charge in [-0.3, -0.25) is 24.1 Å². The summed E-state index contributed by atoms with van der Waals surface area (Å²) in [6, 6.07) is 21.6. The van der Waals surface area contributed by atoms with Gasteiger partial charge in [0.05, 0.1) is 36.6 Å². The monoisotopic (exact) mass is 830 g/mol. The first-order valence-corrected chi connectivity index (χ1v) is 21.8. The van der Waals surface area contributed by atoms with Crippen molar-refractivity contribution in [2.24, 2.45) is 0 Å². The van der Waals surface area contributed by atoms with Crippen LogP contribution < -0.4 is 35.2 Å². The maximum atomic E-state index is 12.2. The minimum atomic E-state index is -3.49. The summed E-state index contributed by atoms with van der Waals surface area (Å²) in [6.07, 6.45) is 6.67. The van der Waals surface area contributed by atoms with Crippen LogP contribution >= 0.6 is 11.6 Å². The van der Waals surface area contributed by atoms with E-state index in [2.05, 4.69) is 64.1 Å². The predicted octanol–water partition coefficient (Wildman–Crippen LogP) is 5.07. The van der Waals surface area contributed by atoms with Crippen molar-refractivity contribution in [1.82, 2.24) is 25.1 Å². The maximum Gasteiger partial charge on any atom is 0.249 e. The van der Waals surface area contributed by atoms with Crippen LogP contribution in [-0.4, -0.2) is 118 Å². The van der Waals surface area contributed by atoms with Gasteiger partial charge in [-0.15, -0.1) is 0 Å². The predicted molar refractivity (Wildman–Crippen MR) is 229 cm³/mol. The second-order valence-electron chi connectivity index (χ2n) is 15.0. The molecule has 2 amide bonds. The van der Waals surface area contributed by atoms with Crippen molar-refractivity contribution in [3.63, 3.8) is 0 Å². The molecular formula is C41H51ClN10O5S. The number of hydrogen-bond donors (Lipinski definition) is 4. The highest BCUT2D eigenvalue weighted by atomic mass is 35.5. The number of anilines is 7. The molecule has 0 radical (unpaired) electrons. The lowest BCUT2D eigenvalue weighted by Crippen LogP contribution is -2.53. The van der Waals surface area contributed by atoms with Gasteiger partial charge >= 0.3 is 0 Å². The number of halogens is 1. The van der Waals surface area contributed by atoms with E-state index in [9.17, 15) is 18.0 Å². The van der Waals surface area contributed by atoms with Crippen LogP contribution in [0.15, 0.2) is 72.9 Å². The molecule has 1 aromatic heterocycles. The molecule has 4 heterocycles. The highest BCUT2D eigenvalue weighted by Crippen LogP contribution is 2.35. The first kappa shape index (κ1) is 41.0. The summed E-state index contributed by atoms with van der Waals surface area (Å²) in [6.45, 7) is 7.19. The quantitative estimate of drug-likeness (QED) is 0.125. The smallest absolute Gasteiger partial charge is 0.249 e. The van der Waals surface area contributed by atoms with Gasteiger partial charge in [0, 0.05) is 82.8 Å². The third kappa shape index (κ3) is 10.1. The molecule has 308 valence electrons. The summed E-state index contributed by atoms with van der Waals surface area (Å²) in [4.78, 5) is 40.1. The Hall–Kier alpha value is -5.16. The van der Waals surface area contributed by atoms with Gasteiger partial charge in [-0.05, 0) is 67.6 Å². The van der Waals surface area contributed by atoms with Gasteiger partial charge in [0.15, 0.2) is 5.82 Å². The molecule has 58 heavy (non-hydrogen) atoms. The van der Waals surface area contributed by atoms with Crippen LogP contribution in [0, 0.1) is 0 Å². The van der Waals surface area contributed by atoms with E-state index >= 15 is 0 Å². The second kappa shape index (κ2) is 18.2. The molecule has 3 aromatic carbocycles. The molecule has 15 nitrogen and oxygen atoms in total. The van der Waals surface area contributed by atoms with Gasteiger partial charge in [-0.2, -0.15) is 4.98 Å². The molecule has 17 heteroatoms. The fourth-order valence-electron chi connectivity index (χ4n) is 7.70. The van der Waals surface area contributed by atoms with Crippen molar-refractivity contribution in [2.45, 2.75) is 44.2 Å². The number of hydrogen-bond acceptors (Lipinski definition) is 13. The number of benzene rings is 3. The lowest BCUT2D eigenvalue weighted by molar-refractivity contribution is -0.133. The van der Waals surface area contributed by atoms with Crippen LogP contribution in [0.4, 0.5) is 40.2 Å². The zero-order valence-electron chi connectivity index (χ0n) is 33.1. The fraction of sp³-hybridized carbons (Fsp3) is 0.415. The number of amides is 2. The van der Waals surface area contributed by atoms with Crippen LogP contribution in [0.5, 0.6) is 5.75 Å². The van der Waals surface area contributed by atoms with E-state index in [0.29, 0.717) is 53.5 Å². The van der Waals surface area contributed by atoms with Crippen LogP contribution in [0.3, 0.4) is 0 Å². The number of para-hydroxylation sites is 2. The Morgan fingerprint density at radius 2 is 1.67 bits per heavy atom. The molecule has 3 aliphatic rings. The average Bonchev–Trinajstić information content (AvgIpc) is 3.23. The highest BCUT2D eigenvalue weighted by Gasteiger charge is 2.29. The minimum absolute atomic E-state index is 0.207. The Kier molecular flexibility index (Phi) is 12.9. The zero-order chi connectivity index (χ0) is 40.8. The van der Waals surface area contributed by atoms with Gasteiger partial charge in [-0.25, -0.2) is 13.4 Å². The molecule has 0 aliphatic carbocycles. The molecule has 0 bridgehead atoms. The fourth-order valence-corrected chi connectivity index (χ4v) is 8.36. The Morgan fingerprint density at radius 1 is 0.931 bits per heavy atom. The van der Waals surface area contributed by atoms with Crippen LogP contribution in [0.1, 0.15) is 31.2 Å². The van der Waals surface area contributed by atoms with Crippen molar-refractivity contribution in [3.8, 4) is 5.75 Å². The SMILES string of the molecule is COc1cc(N2CCC(N3CCN(CCc4ccc(NC5CCC(=O)NC5=O)cc4)CC3)CC2)ccc1Nc1ncc(Cl)c(Nc2ccccc2N(C)S(C)(=O)=O)n1. The lowest BCUT2D eigenvalue weighted by atomic mass is 10.0. The van der Waals surface area contributed by atoms with E-state index in [1.807, 2.05) is 24.3 Å². The number of carbonyl (C=O) groups excluding carboxylic acids is 2. The third-order valence-corrected chi connectivity index (χ3v) is 12.6. The molecule has 0 saturated carbocycles. The topological polar surface area (TPSA) is 164 Å².